The van der Waals surface area contributed by atoms with E-state index >= 15 is 0 Å². The minimum absolute atomic E-state index is 0. The van der Waals surface area contributed by atoms with Gasteiger partial charge in [-0.05, 0) is 40.4 Å². The number of Topliss-reactive ketones (excluding diaryl/α,β-unsaturated/α-hetero) is 1. The number of nitrogens with zero attached hydrogens (tertiary/aromatic N) is 1. The molecule has 0 spiro atoms. The zero-order chi connectivity index (χ0) is 24.8. The summed E-state index contributed by atoms with van der Waals surface area (Å²) >= 11 is 0. The molecular formula is C29H41BrN2O2. The Bertz CT molecular complexity index is 1010. The molecule has 1 unspecified atom stereocenters. The fourth-order valence-corrected chi connectivity index (χ4v) is 4.85. The van der Waals surface area contributed by atoms with Crippen molar-refractivity contribution < 1.29 is 9.90 Å². The number of phenolic OH excluding ortho intramolecular Hbond substituents is 1. The normalized spacial score (nSPS) is 18.1. The number of likely N-dealkylation sites (tertiary alicyclic amines) is 1. The average molecular weight is 530 g/mol. The molecule has 5 heteroatoms. The number of ketones is 1. The van der Waals surface area contributed by atoms with E-state index in [-0.39, 0.29) is 57.2 Å². The van der Waals surface area contributed by atoms with Crippen LogP contribution in [0.1, 0.15) is 82.4 Å². The summed E-state index contributed by atoms with van der Waals surface area (Å²) in [6.45, 7) is 17.6. The second-order valence-electron chi connectivity index (χ2n) is 12.3. The minimum Gasteiger partial charge on any atom is -0.507 e. The van der Waals surface area contributed by atoms with Crippen LogP contribution in [-0.4, -0.2) is 34.7 Å². The first-order valence-corrected chi connectivity index (χ1v) is 11.9. The van der Waals surface area contributed by atoms with Crippen LogP contribution in [0.5, 0.6) is 5.75 Å². The maximum Gasteiger partial charge on any atom is 0.182 e. The molecule has 1 saturated heterocycles. The van der Waals surface area contributed by atoms with Gasteiger partial charge in [-0.3, -0.25) is 10.2 Å². The zero-order valence-electron chi connectivity index (χ0n) is 22.0. The van der Waals surface area contributed by atoms with Crippen LogP contribution in [0.3, 0.4) is 0 Å². The summed E-state index contributed by atoms with van der Waals surface area (Å²) < 4.78 is 0. The molecule has 1 fully saturated rings. The van der Waals surface area contributed by atoms with Gasteiger partial charge in [-0.2, -0.15) is 0 Å². The van der Waals surface area contributed by atoms with E-state index in [2.05, 4.69) is 67.5 Å². The summed E-state index contributed by atoms with van der Waals surface area (Å²) in [5.74, 6) is 0.891. The number of carbonyl (C=O) groups is 1. The number of nitrogens with one attached hydrogen (secondary N) is 1. The van der Waals surface area contributed by atoms with E-state index in [4.69, 9.17) is 5.41 Å². The van der Waals surface area contributed by atoms with E-state index in [0.717, 1.165) is 17.5 Å². The predicted molar refractivity (Wildman–Crippen MR) is 147 cm³/mol. The standard InChI is InChI=1S/C29H40N2O2.BrH/c1-27(2,3)21-15-20(16-22(25(21)33)28(4,5)6)24(32)17-31-18-29(7,8)23(26(31)30)14-19-12-10-9-11-13-19;/h9-13,15-16,23,30,33H,14,17-18H2,1-8H3;1H. The number of hydrogen-bond acceptors (Lipinski definition) is 3. The van der Waals surface area contributed by atoms with E-state index in [1.54, 1.807) is 0 Å². The van der Waals surface area contributed by atoms with Crippen molar-refractivity contribution in [3.8, 4) is 5.75 Å². The fraction of sp³-hybridized carbons (Fsp3) is 0.517. The molecule has 3 rings (SSSR count). The molecule has 0 aliphatic carbocycles. The second kappa shape index (κ2) is 9.85. The largest absolute Gasteiger partial charge is 0.507 e. The van der Waals surface area contributed by atoms with E-state index < -0.39 is 0 Å². The number of halogens is 1. The van der Waals surface area contributed by atoms with Crippen LogP contribution in [0.25, 0.3) is 0 Å². The zero-order valence-corrected chi connectivity index (χ0v) is 23.7. The Kier molecular flexibility index (Phi) is 8.14. The highest BCUT2D eigenvalue weighted by atomic mass is 79.9. The molecule has 1 heterocycles. The Morgan fingerprint density at radius 1 is 1.03 bits per heavy atom. The maximum absolute atomic E-state index is 13.5. The molecule has 0 radical (unpaired) electrons. The van der Waals surface area contributed by atoms with Crippen LogP contribution >= 0.6 is 17.0 Å². The molecule has 0 saturated carbocycles. The van der Waals surface area contributed by atoms with E-state index in [1.165, 1.54) is 5.56 Å². The number of benzene rings is 2. The molecule has 2 N–H and O–H groups in total. The molecule has 186 valence electrons. The molecule has 0 bridgehead atoms. The van der Waals surface area contributed by atoms with Gasteiger partial charge in [-0.15, -0.1) is 17.0 Å². The summed E-state index contributed by atoms with van der Waals surface area (Å²) in [4.78, 5) is 15.4. The highest BCUT2D eigenvalue weighted by molar-refractivity contribution is 8.93. The summed E-state index contributed by atoms with van der Waals surface area (Å²) in [5.41, 5.74) is 2.74. The monoisotopic (exact) mass is 528 g/mol. The number of rotatable bonds is 5. The van der Waals surface area contributed by atoms with Gasteiger partial charge in [-0.1, -0.05) is 85.7 Å². The van der Waals surface area contributed by atoms with Crippen LogP contribution in [0.15, 0.2) is 42.5 Å². The summed E-state index contributed by atoms with van der Waals surface area (Å²) in [5, 5.41) is 19.9. The van der Waals surface area contributed by atoms with Crippen LogP contribution in [0.4, 0.5) is 0 Å². The van der Waals surface area contributed by atoms with Crippen LogP contribution in [0.2, 0.25) is 0 Å². The lowest BCUT2D eigenvalue weighted by molar-refractivity contribution is 0.0959. The average Bonchev–Trinajstić information content (AvgIpc) is 2.90. The lowest BCUT2D eigenvalue weighted by Gasteiger charge is -2.28. The van der Waals surface area contributed by atoms with Crippen molar-refractivity contribution in [3.63, 3.8) is 0 Å². The Morgan fingerprint density at radius 2 is 1.53 bits per heavy atom. The highest BCUT2D eigenvalue weighted by Gasteiger charge is 2.44. The fourth-order valence-electron chi connectivity index (χ4n) is 4.85. The Morgan fingerprint density at radius 3 is 2.00 bits per heavy atom. The number of hydrogen-bond donors (Lipinski definition) is 2. The Labute approximate surface area is 216 Å². The van der Waals surface area contributed by atoms with Crippen molar-refractivity contribution in [2.75, 3.05) is 13.1 Å². The van der Waals surface area contributed by atoms with E-state index in [9.17, 15) is 9.90 Å². The first-order valence-electron chi connectivity index (χ1n) is 11.9. The van der Waals surface area contributed by atoms with Crippen molar-refractivity contribution >= 4 is 28.6 Å². The van der Waals surface area contributed by atoms with Gasteiger partial charge >= 0.3 is 0 Å². The third kappa shape index (κ3) is 5.91. The quantitative estimate of drug-likeness (QED) is 0.413. The van der Waals surface area contributed by atoms with Crippen LogP contribution < -0.4 is 0 Å². The minimum atomic E-state index is -0.288. The molecule has 2 aromatic rings. The SMILES string of the molecule is Br.CC(C)(C)c1cc(C(=O)CN2CC(C)(C)C(Cc3ccccc3)C2=N)cc(C(C)(C)C)c1O. The maximum atomic E-state index is 13.5. The number of carbonyl (C=O) groups excluding carboxylic acids is 1. The second-order valence-corrected chi connectivity index (χ2v) is 12.3. The van der Waals surface area contributed by atoms with Gasteiger partial charge in [0, 0.05) is 29.2 Å². The summed E-state index contributed by atoms with van der Waals surface area (Å²) in [6, 6.07) is 14.0. The molecule has 4 nitrogen and oxygen atoms in total. The van der Waals surface area contributed by atoms with Gasteiger partial charge in [0.25, 0.3) is 0 Å². The topological polar surface area (TPSA) is 64.4 Å². The van der Waals surface area contributed by atoms with Crippen LogP contribution in [0, 0.1) is 16.7 Å². The van der Waals surface area contributed by atoms with E-state index in [1.807, 2.05) is 35.2 Å². The molecule has 34 heavy (non-hydrogen) atoms. The molecule has 1 aliphatic heterocycles. The summed E-state index contributed by atoms with van der Waals surface area (Å²) in [6.07, 6.45) is 0.804. The molecule has 0 aromatic heterocycles. The van der Waals surface area contributed by atoms with Gasteiger partial charge in [0.15, 0.2) is 5.78 Å². The van der Waals surface area contributed by atoms with Gasteiger partial charge in [0.1, 0.15) is 11.6 Å². The number of phenols is 1. The molecular weight excluding hydrogens is 488 g/mol. The van der Waals surface area contributed by atoms with Crippen molar-refractivity contribution in [2.24, 2.45) is 11.3 Å². The van der Waals surface area contributed by atoms with Gasteiger partial charge in [-0.25, -0.2) is 0 Å². The molecule has 1 atom stereocenters. The third-order valence-corrected chi connectivity index (χ3v) is 6.88. The van der Waals surface area contributed by atoms with Crippen molar-refractivity contribution in [2.45, 2.75) is 72.6 Å². The first-order chi connectivity index (χ1) is 15.1. The smallest absolute Gasteiger partial charge is 0.182 e. The number of amidine groups is 1. The van der Waals surface area contributed by atoms with Gasteiger partial charge in [0.05, 0.1) is 6.54 Å². The van der Waals surface area contributed by atoms with Crippen LogP contribution in [-0.2, 0) is 17.3 Å². The van der Waals surface area contributed by atoms with E-state index in [0.29, 0.717) is 17.9 Å². The van der Waals surface area contributed by atoms with Gasteiger partial charge < -0.3 is 10.0 Å². The molecule has 1 aliphatic rings. The Hall–Kier alpha value is -2.14. The Balaban J connectivity index is 0.00000408. The third-order valence-electron chi connectivity index (χ3n) is 6.88. The first kappa shape index (κ1) is 28.1. The van der Waals surface area contributed by atoms with Crippen molar-refractivity contribution in [1.29, 1.82) is 5.41 Å². The molecule has 0 amide bonds. The lowest BCUT2D eigenvalue weighted by atomic mass is 9.78. The van der Waals surface area contributed by atoms with Crippen molar-refractivity contribution in [1.82, 2.24) is 4.90 Å². The number of aromatic hydroxyl groups is 1. The highest BCUT2D eigenvalue weighted by Crippen LogP contribution is 2.41. The van der Waals surface area contributed by atoms with Gasteiger partial charge in [0.2, 0.25) is 0 Å². The van der Waals surface area contributed by atoms with Crippen molar-refractivity contribution in [3.05, 3.63) is 64.7 Å². The predicted octanol–water partition coefficient (Wildman–Crippen LogP) is 6.93. The summed E-state index contributed by atoms with van der Waals surface area (Å²) in [7, 11) is 0. The molecule has 2 aromatic carbocycles. The lowest BCUT2D eigenvalue weighted by Crippen LogP contribution is -2.33.